The molecular formula is C12H15N5O2. The summed E-state index contributed by atoms with van der Waals surface area (Å²) in [7, 11) is 3.41. The van der Waals surface area contributed by atoms with Crippen LogP contribution >= 0.6 is 0 Å². The SMILES string of the molecule is COc1ccnc(C(=O)NCCc2nncn2C)c1. The van der Waals surface area contributed by atoms with Crippen LogP contribution in [0.1, 0.15) is 16.3 Å². The molecule has 0 saturated heterocycles. The maximum atomic E-state index is 11.9. The largest absolute Gasteiger partial charge is 0.497 e. The van der Waals surface area contributed by atoms with E-state index in [-0.39, 0.29) is 5.91 Å². The number of ether oxygens (including phenoxy) is 1. The van der Waals surface area contributed by atoms with Crippen LogP contribution in [0.3, 0.4) is 0 Å². The van der Waals surface area contributed by atoms with Crippen LogP contribution < -0.4 is 10.1 Å². The molecule has 0 aliphatic rings. The first-order chi connectivity index (χ1) is 9.20. The third-order valence-electron chi connectivity index (χ3n) is 2.64. The Labute approximate surface area is 110 Å². The van der Waals surface area contributed by atoms with Crippen LogP contribution in [0.15, 0.2) is 24.7 Å². The molecule has 7 nitrogen and oxygen atoms in total. The molecule has 1 N–H and O–H groups in total. The molecule has 2 aromatic heterocycles. The first-order valence-corrected chi connectivity index (χ1v) is 5.82. The minimum absolute atomic E-state index is 0.235. The standard InChI is InChI=1S/C12H15N5O2/c1-17-8-15-16-11(17)4-6-14-12(18)10-7-9(19-2)3-5-13-10/h3,5,7-8H,4,6H2,1-2H3,(H,14,18). The van der Waals surface area contributed by atoms with Crippen molar-refractivity contribution >= 4 is 5.91 Å². The summed E-state index contributed by atoms with van der Waals surface area (Å²) in [6, 6.07) is 3.29. The Balaban J connectivity index is 1.89. The number of nitrogens with zero attached hydrogens (tertiary/aromatic N) is 4. The highest BCUT2D eigenvalue weighted by Crippen LogP contribution is 2.09. The van der Waals surface area contributed by atoms with Crippen molar-refractivity contribution in [1.82, 2.24) is 25.1 Å². The van der Waals surface area contributed by atoms with Gasteiger partial charge in [0.05, 0.1) is 7.11 Å². The van der Waals surface area contributed by atoms with Crippen molar-refractivity contribution in [2.45, 2.75) is 6.42 Å². The first kappa shape index (κ1) is 13.0. The highest BCUT2D eigenvalue weighted by molar-refractivity contribution is 5.92. The second kappa shape index (κ2) is 5.94. The second-order valence-corrected chi connectivity index (χ2v) is 3.94. The first-order valence-electron chi connectivity index (χ1n) is 5.82. The van der Waals surface area contributed by atoms with Crippen LogP contribution in [0, 0.1) is 0 Å². The summed E-state index contributed by atoms with van der Waals surface area (Å²) < 4.78 is 6.86. The number of hydrogen-bond donors (Lipinski definition) is 1. The quantitative estimate of drug-likeness (QED) is 0.831. The van der Waals surface area contributed by atoms with Crippen LogP contribution in [0.4, 0.5) is 0 Å². The molecular weight excluding hydrogens is 246 g/mol. The highest BCUT2D eigenvalue weighted by Gasteiger charge is 2.08. The zero-order valence-electron chi connectivity index (χ0n) is 10.8. The number of rotatable bonds is 5. The summed E-state index contributed by atoms with van der Waals surface area (Å²) >= 11 is 0. The minimum atomic E-state index is -0.235. The Morgan fingerprint density at radius 1 is 1.53 bits per heavy atom. The average molecular weight is 261 g/mol. The van der Waals surface area contributed by atoms with Crippen molar-refractivity contribution in [2.75, 3.05) is 13.7 Å². The van der Waals surface area contributed by atoms with Gasteiger partial charge in [-0.1, -0.05) is 0 Å². The summed E-state index contributed by atoms with van der Waals surface area (Å²) in [4.78, 5) is 15.8. The van der Waals surface area contributed by atoms with E-state index in [4.69, 9.17) is 4.74 Å². The molecule has 2 aromatic rings. The maximum Gasteiger partial charge on any atom is 0.270 e. The van der Waals surface area contributed by atoms with E-state index >= 15 is 0 Å². The normalized spacial score (nSPS) is 10.2. The monoisotopic (exact) mass is 261 g/mol. The number of pyridine rings is 1. The van der Waals surface area contributed by atoms with Gasteiger partial charge in [0.15, 0.2) is 0 Å². The van der Waals surface area contributed by atoms with E-state index in [0.717, 1.165) is 5.82 Å². The van der Waals surface area contributed by atoms with Gasteiger partial charge in [-0.2, -0.15) is 0 Å². The molecule has 0 aliphatic carbocycles. The second-order valence-electron chi connectivity index (χ2n) is 3.94. The fraction of sp³-hybridized carbons (Fsp3) is 0.333. The average Bonchev–Trinajstić information content (AvgIpc) is 2.84. The fourth-order valence-corrected chi connectivity index (χ4v) is 1.57. The van der Waals surface area contributed by atoms with Gasteiger partial charge in [0.1, 0.15) is 23.6 Å². The molecule has 0 unspecified atom stereocenters. The van der Waals surface area contributed by atoms with E-state index in [1.807, 2.05) is 11.6 Å². The highest BCUT2D eigenvalue weighted by atomic mass is 16.5. The van der Waals surface area contributed by atoms with E-state index in [1.165, 1.54) is 6.20 Å². The molecule has 0 fully saturated rings. The molecule has 7 heteroatoms. The van der Waals surface area contributed by atoms with Gasteiger partial charge in [-0.25, -0.2) is 0 Å². The van der Waals surface area contributed by atoms with Gasteiger partial charge in [-0.05, 0) is 6.07 Å². The van der Waals surface area contributed by atoms with Crippen LogP contribution in [0.5, 0.6) is 5.75 Å². The molecule has 0 bridgehead atoms. The van der Waals surface area contributed by atoms with E-state index in [1.54, 1.807) is 25.6 Å². The predicted octanol–water partition coefficient (Wildman–Crippen LogP) is 0.191. The lowest BCUT2D eigenvalue weighted by Gasteiger charge is -2.05. The number of nitrogens with one attached hydrogen (secondary N) is 1. The molecule has 0 saturated carbocycles. The van der Waals surface area contributed by atoms with E-state index < -0.39 is 0 Å². The number of amides is 1. The molecule has 2 rings (SSSR count). The van der Waals surface area contributed by atoms with E-state index in [2.05, 4.69) is 20.5 Å². The summed E-state index contributed by atoms with van der Waals surface area (Å²) in [6.07, 6.45) is 3.78. The molecule has 19 heavy (non-hydrogen) atoms. The third kappa shape index (κ3) is 3.27. The summed E-state index contributed by atoms with van der Waals surface area (Å²) in [6.45, 7) is 0.476. The zero-order valence-corrected chi connectivity index (χ0v) is 10.8. The number of carbonyl (C=O) groups is 1. The Morgan fingerprint density at radius 2 is 2.37 bits per heavy atom. The van der Waals surface area contributed by atoms with Crippen LogP contribution in [-0.2, 0) is 13.5 Å². The lowest BCUT2D eigenvalue weighted by Crippen LogP contribution is -2.27. The summed E-state index contributed by atoms with van der Waals surface area (Å²) in [5.74, 6) is 1.19. The number of aromatic nitrogens is 4. The van der Waals surface area contributed by atoms with Crippen LogP contribution in [-0.4, -0.2) is 39.3 Å². The number of hydrogen-bond acceptors (Lipinski definition) is 5. The van der Waals surface area contributed by atoms with Gasteiger partial charge < -0.3 is 14.6 Å². The van der Waals surface area contributed by atoms with Crippen molar-refractivity contribution < 1.29 is 9.53 Å². The van der Waals surface area contributed by atoms with Crippen molar-refractivity contribution in [1.29, 1.82) is 0 Å². The summed E-state index contributed by atoms with van der Waals surface area (Å²) in [5, 5.41) is 10.5. The van der Waals surface area contributed by atoms with Crippen molar-refractivity contribution in [3.8, 4) is 5.75 Å². The van der Waals surface area contributed by atoms with Gasteiger partial charge in [-0.15, -0.1) is 10.2 Å². The lowest BCUT2D eigenvalue weighted by molar-refractivity contribution is 0.0948. The van der Waals surface area contributed by atoms with E-state index in [0.29, 0.717) is 24.4 Å². The molecule has 0 spiro atoms. The molecule has 0 atom stereocenters. The molecule has 1 amide bonds. The molecule has 0 aliphatic heterocycles. The van der Waals surface area contributed by atoms with Crippen LogP contribution in [0.25, 0.3) is 0 Å². The number of carbonyl (C=O) groups excluding carboxylic acids is 1. The Morgan fingerprint density at radius 3 is 3.05 bits per heavy atom. The third-order valence-corrected chi connectivity index (χ3v) is 2.64. The number of aryl methyl sites for hydroxylation is 1. The van der Waals surface area contributed by atoms with Gasteiger partial charge in [0.25, 0.3) is 5.91 Å². The van der Waals surface area contributed by atoms with Crippen molar-refractivity contribution in [3.63, 3.8) is 0 Å². The minimum Gasteiger partial charge on any atom is -0.497 e. The maximum absolute atomic E-state index is 11.9. The lowest BCUT2D eigenvalue weighted by atomic mass is 10.3. The zero-order chi connectivity index (χ0) is 13.7. The van der Waals surface area contributed by atoms with Gasteiger partial charge in [-0.3, -0.25) is 9.78 Å². The molecule has 100 valence electrons. The Kier molecular flexibility index (Phi) is 4.07. The van der Waals surface area contributed by atoms with Crippen LogP contribution in [0.2, 0.25) is 0 Å². The van der Waals surface area contributed by atoms with E-state index in [9.17, 15) is 4.79 Å². The van der Waals surface area contributed by atoms with Crippen molar-refractivity contribution in [2.24, 2.45) is 7.05 Å². The van der Waals surface area contributed by atoms with Gasteiger partial charge in [0.2, 0.25) is 0 Å². The van der Waals surface area contributed by atoms with Gasteiger partial charge >= 0.3 is 0 Å². The topological polar surface area (TPSA) is 81.9 Å². The summed E-state index contributed by atoms with van der Waals surface area (Å²) in [5.41, 5.74) is 0.331. The Hall–Kier alpha value is -2.44. The van der Waals surface area contributed by atoms with Gasteiger partial charge in [0, 0.05) is 32.3 Å². The molecule has 0 radical (unpaired) electrons. The predicted molar refractivity (Wildman–Crippen MR) is 67.8 cm³/mol. The fourth-order valence-electron chi connectivity index (χ4n) is 1.57. The Bertz CT molecular complexity index is 567. The number of methoxy groups -OCH3 is 1. The van der Waals surface area contributed by atoms with Crippen molar-refractivity contribution in [3.05, 3.63) is 36.2 Å². The smallest absolute Gasteiger partial charge is 0.270 e. The molecule has 0 aromatic carbocycles. The molecule has 2 heterocycles.